The predicted molar refractivity (Wildman–Crippen MR) is 46.0 cm³/mol. The van der Waals surface area contributed by atoms with Crippen molar-refractivity contribution in [2.24, 2.45) is 0 Å². The number of rotatable bonds is 2. The summed E-state index contributed by atoms with van der Waals surface area (Å²) in [5.74, 6) is 0. The Morgan fingerprint density at radius 1 is 1.10 bits per heavy atom. The molecule has 0 radical (unpaired) electrons. The first-order valence-electron chi connectivity index (χ1n) is 2.88. The maximum atomic E-state index is 4.81. The standard InChI is InChI=1S/C7H12.2ClH.Pd/c1-3-5-7-6-4-2;;;/h3-6H,7H2,1-2H3;2*1H;/q;;;+2/p-2. The van der Waals surface area contributed by atoms with Gasteiger partial charge in [0.2, 0.25) is 0 Å². The molecule has 0 spiro atoms. The zero-order valence-electron chi connectivity index (χ0n) is 6.09. The van der Waals surface area contributed by atoms with Gasteiger partial charge < -0.3 is 0 Å². The fourth-order valence-corrected chi connectivity index (χ4v) is 0.351. The van der Waals surface area contributed by atoms with Crippen LogP contribution < -0.4 is 0 Å². The van der Waals surface area contributed by atoms with E-state index in [1.165, 1.54) is 0 Å². The average Bonchev–Trinajstić information content (AvgIpc) is 1.91. The van der Waals surface area contributed by atoms with Crippen molar-refractivity contribution in [3.63, 3.8) is 0 Å². The molecule has 0 N–H and O–H groups in total. The second-order valence-corrected chi connectivity index (χ2v) is 3.78. The molecule has 0 saturated carbocycles. The van der Waals surface area contributed by atoms with Gasteiger partial charge in [-0.1, -0.05) is 24.3 Å². The van der Waals surface area contributed by atoms with Gasteiger partial charge in [-0.05, 0) is 20.3 Å². The van der Waals surface area contributed by atoms with Gasteiger partial charge in [-0.15, -0.1) is 0 Å². The first kappa shape index (κ1) is 13.3. The summed E-state index contributed by atoms with van der Waals surface area (Å²) in [6.45, 7) is 4.06. The minimum absolute atomic E-state index is 0.106. The molecule has 0 aromatic carbocycles. The van der Waals surface area contributed by atoms with E-state index in [4.69, 9.17) is 19.1 Å². The molecule has 0 aliphatic carbocycles. The van der Waals surface area contributed by atoms with Gasteiger partial charge in [0.25, 0.3) is 0 Å². The summed E-state index contributed by atoms with van der Waals surface area (Å²) in [4.78, 5) is 0. The van der Waals surface area contributed by atoms with E-state index in [2.05, 4.69) is 24.3 Å². The van der Waals surface area contributed by atoms with Crippen LogP contribution in [-0.2, 0) is 15.9 Å². The molecule has 0 atom stereocenters. The molecule has 0 fully saturated rings. The Morgan fingerprint density at radius 2 is 1.40 bits per heavy atom. The van der Waals surface area contributed by atoms with Crippen LogP contribution in [0.4, 0.5) is 0 Å². The van der Waals surface area contributed by atoms with Crippen LogP contribution in [0, 0.1) is 0 Å². The van der Waals surface area contributed by atoms with Crippen molar-refractivity contribution in [3.05, 3.63) is 24.3 Å². The molecule has 0 amide bonds. The van der Waals surface area contributed by atoms with Gasteiger partial charge >= 0.3 is 35.0 Å². The van der Waals surface area contributed by atoms with Crippen molar-refractivity contribution in [1.82, 2.24) is 0 Å². The first-order valence-corrected chi connectivity index (χ1v) is 6.88. The Labute approximate surface area is 79.4 Å². The summed E-state index contributed by atoms with van der Waals surface area (Å²) in [6.07, 6.45) is 9.44. The monoisotopic (exact) mass is 272 g/mol. The fraction of sp³-hybridized carbons (Fsp3) is 0.429. The number of hydrogen-bond donors (Lipinski definition) is 0. The van der Waals surface area contributed by atoms with Crippen LogP contribution in [0.5, 0.6) is 0 Å². The quantitative estimate of drug-likeness (QED) is 0.529. The second-order valence-electron chi connectivity index (χ2n) is 1.42. The van der Waals surface area contributed by atoms with Crippen LogP contribution in [0.1, 0.15) is 20.3 Å². The van der Waals surface area contributed by atoms with Gasteiger partial charge in [0.1, 0.15) is 0 Å². The van der Waals surface area contributed by atoms with E-state index in [0.717, 1.165) is 6.42 Å². The maximum absolute atomic E-state index is 4.81. The number of hydrogen-bond acceptors (Lipinski definition) is 0. The van der Waals surface area contributed by atoms with E-state index in [1.807, 2.05) is 13.8 Å². The van der Waals surface area contributed by atoms with Gasteiger partial charge in [0.15, 0.2) is 0 Å². The summed E-state index contributed by atoms with van der Waals surface area (Å²) in [6, 6.07) is 0. The average molecular weight is 273 g/mol. The second kappa shape index (κ2) is 16.4. The zero-order valence-corrected chi connectivity index (χ0v) is 9.16. The Hall–Kier alpha value is 0.722. The molecule has 0 aromatic rings. The van der Waals surface area contributed by atoms with Crippen molar-refractivity contribution >= 4 is 19.1 Å². The van der Waals surface area contributed by atoms with Crippen LogP contribution in [0.25, 0.3) is 0 Å². The number of halogens is 2. The van der Waals surface area contributed by atoms with E-state index in [9.17, 15) is 0 Å². The van der Waals surface area contributed by atoms with Crippen molar-refractivity contribution < 1.29 is 15.9 Å². The van der Waals surface area contributed by atoms with E-state index in [1.54, 1.807) is 0 Å². The molecule has 0 unspecified atom stereocenters. The van der Waals surface area contributed by atoms with Crippen molar-refractivity contribution in [1.29, 1.82) is 0 Å². The van der Waals surface area contributed by atoms with Crippen molar-refractivity contribution in [2.45, 2.75) is 20.3 Å². The molecular formula is C7H12Cl2Pd. The fourth-order valence-electron chi connectivity index (χ4n) is 0.351. The Kier molecular flexibility index (Phi) is 21.8. The zero-order chi connectivity index (χ0) is 8.24. The molecule has 0 saturated heterocycles. The molecule has 10 heavy (non-hydrogen) atoms. The third kappa shape index (κ3) is 23.3. The summed E-state index contributed by atoms with van der Waals surface area (Å²) in [7, 11) is 9.63. The van der Waals surface area contributed by atoms with Crippen LogP contribution in [0.2, 0.25) is 0 Å². The Balaban J connectivity index is 0. The van der Waals surface area contributed by atoms with Gasteiger partial charge in [0, 0.05) is 0 Å². The SMILES string of the molecule is CC=CCC=CC.[Cl][Pd][Cl]. The van der Waals surface area contributed by atoms with Gasteiger partial charge in [-0.2, -0.15) is 0 Å². The van der Waals surface area contributed by atoms with Gasteiger partial charge in [0.05, 0.1) is 0 Å². The van der Waals surface area contributed by atoms with Crippen LogP contribution in [-0.4, -0.2) is 0 Å². The molecule has 0 heterocycles. The van der Waals surface area contributed by atoms with E-state index < -0.39 is 0 Å². The van der Waals surface area contributed by atoms with Crippen LogP contribution in [0.15, 0.2) is 24.3 Å². The van der Waals surface area contributed by atoms with Gasteiger partial charge in [-0.25, -0.2) is 0 Å². The molecule has 0 aromatic heterocycles. The molecule has 0 bridgehead atoms. The normalized spacial score (nSPS) is 10.4. The van der Waals surface area contributed by atoms with E-state index >= 15 is 0 Å². The molecule has 0 aliphatic heterocycles. The van der Waals surface area contributed by atoms with Crippen molar-refractivity contribution in [3.8, 4) is 0 Å². The molecular weight excluding hydrogens is 261 g/mol. The topological polar surface area (TPSA) is 0 Å². The predicted octanol–water partition coefficient (Wildman–Crippen LogP) is 3.91. The summed E-state index contributed by atoms with van der Waals surface area (Å²) in [5.41, 5.74) is 0. The molecule has 0 aliphatic rings. The van der Waals surface area contributed by atoms with E-state index in [0.29, 0.717) is 0 Å². The molecule has 0 nitrogen and oxygen atoms in total. The summed E-state index contributed by atoms with van der Waals surface area (Å²) < 4.78 is 0. The first-order chi connectivity index (χ1) is 4.83. The third-order valence-corrected chi connectivity index (χ3v) is 0.744. The Morgan fingerprint density at radius 3 is 1.60 bits per heavy atom. The van der Waals surface area contributed by atoms with Gasteiger partial charge in [-0.3, -0.25) is 0 Å². The molecule has 0 rings (SSSR count). The van der Waals surface area contributed by atoms with Crippen molar-refractivity contribution in [2.75, 3.05) is 0 Å². The summed E-state index contributed by atoms with van der Waals surface area (Å²) in [5, 5.41) is 0. The summed E-state index contributed by atoms with van der Waals surface area (Å²) >= 11 is -0.106. The minimum atomic E-state index is -0.106. The third-order valence-electron chi connectivity index (χ3n) is 0.744. The van der Waals surface area contributed by atoms with Crippen LogP contribution in [0.3, 0.4) is 0 Å². The molecule has 3 heteroatoms. The van der Waals surface area contributed by atoms with Crippen LogP contribution >= 0.6 is 19.1 Å². The molecule has 64 valence electrons. The van der Waals surface area contributed by atoms with E-state index in [-0.39, 0.29) is 15.9 Å². The Bertz CT molecular complexity index is 79.6. The number of allylic oxidation sites excluding steroid dienone is 4.